The molecular formula is C13H16N2O2. The topological polar surface area (TPSA) is 47.3 Å². The Morgan fingerprint density at radius 3 is 2.71 bits per heavy atom. The minimum absolute atomic E-state index is 0.652. The predicted molar refractivity (Wildman–Crippen MR) is 66.1 cm³/mol. The van der Waals surface area contributed by atoms with Crippen LogP contribution in [0.1, 0.15) is 5.76 Å². The second-order valence-electron chi connectivity index (χ2n) is 3.71. The summed E-state index contributed by atoms with van der Waals surface area (Å²) in [5, 5.41) is 3.08. The molecule has 0 spiro atoms. The number of hydrogen-bond acceptors (Lipinski definition) is 4. The molecule has 4 nitrogen and oxygen atoms in total. The van der Waals surface area contributed by atoms with Crippen molar-refractivity contribution in [2.75, 3.05) is 20.7 Å². The fraction of sp³-hybridized carbons (Fsp3) is 0.308. The highest BCUT2D eigenvalue weighted by atomic mass is 16.5. The van der Waals surface area contributed by atoms with Gasteiger partial charge in [0.25, 0.3) is 0 Å². The molecule has 0 aliphatic heterocycles. The summed E-state index contributed by atoms with van der Waals surface area (Å²) in [6, 6.07) is 7.67. The maximum absolute atomic E-state index is 5.65. The second kappa shape index (κ2) is 5.50. The summed E-state index contributed by atoms with van der Waals surface area (Å²) in [5.74, 6) is 2.37. The highest BCUT2D eigenvalue weighted by Crippen LogP contribution is 2.22. The van der Waals surface area contributed by atoms with Crippen molar-refractivity contribution in [1.82, 2.24) is 10.3 Å². The van der Waals surface area contributed by atoms with Gasteiger partial charge in [-0.1, -0.05) is 0 Å². The molecule has 0 aliphatic rings. The van der Waals surface area contributed by atoms with Gasteiger partial charge in [-0.25, -0.2) is 4.98 Å². The fourth-order valence-corrected chi connectivity index (χ4v) is 1.54. The largest absolute Gasteiger partial charge is 0.497 e. The Kier molecular flexibility index (Phi) is 3.77. The van der Waals surface area contributed by atoms with Crippen molar-refractivity contribution in [1.29, 1.82) is 0 Å². The van der Waals surface area contributed by atoms with Crippen LogP contribution < -0.4 is 10.1 Å². The van der Waals surface area contributed by atoms with Crippen LogP contribution in [0.3, 0.4) is 0 Å². The van der Waals surface area contributed by atoms with Crippen LogP contribution in [0.15, 0.2) is 34.9 Å². The number of nitrogens with zero attached hydrogens (tertiary/aromatic N) is 1. The number of likely N-dealkylation sites (N-methyl/N-ethyl adjacent to an activating group) is 1. The molecule has 1 aromatic heterocycles. The van der Waals surface area contributed by atoms with Gasteiger partial charge in [0, 0.05) is 18.5 Å². The standard InChI is InChI=1S/C13H16N2O2/c1-14-8-7-12-9-15-13(17-12)10-3-5-11(16-2)6-4-10/h3-6,9,14H,7-8H2,1-2H3. The molecule has 0 bridgehead atoms. The van der Waals surface area contributed by atoms with E-state index in [1.165, 1.54) is 0 Å². The van der Waals surface area contributed by atoms with Crippen molar-refractivity contribution >= 4 is 0 Å². The Morgan fingerprint density at radius 2 is 2.06 bits per heavy atom. The monoisotopic (exact) mass is 232 g/mol. The van der Waals surface area contributed by atoms with Crippen molar-refractivity contribution in [3.8, 4) is 17.2 Å². The highest BCUT2D eigenvalue weighted by Gasteiger charge is 2.06. The van der Waals surface area contributed by atoms with Gasteiger partial charge in [-0.05, 0) is 31.3 Å². The molecule has 0 fully saturated rings. The summed E-state index contributed by atoms with van der Waals surface area (Å²) < 4.78 is 10.8. The highest BCUT2D eigenvalue weighted by molar-refractivity contribution is 5.54. The van der Waals surface area contributed by atoms with E-state index in [0.717, 1.165) is 30.0 Å². The van der Waals surface area contributed by atoms with Gasteiger partial charge in [-0.15, -0.1) is 0 Å². The zero-order valence-corrected chi connectivity index (χ0v) is 10.1. The van der Waals surface area contributed by atoms with E-state index in [2.05, 4.69) is 10.3 Å². The number of oxazole rings is 1. The third-order valence-electron chi connectivity index (χ3n) is 2.51. The van der Waals surface area contributed by atoms with Crippen LogP contribution in [0.2, 0.25) is 0 Å². The number of ether oxygens (including phenoxy) is 1. The third kappa shape index (κ3) is 2.85. The molecular weight excluding hydrogens is 216 g/mol. The van der Waals surface area contributed by atoms with Crippen molar-refractivity contribution in [2.24, 2.45) is 0 Å². The average molecular weight is 232 g/mol. The number of nitrogens with one attached hydrogen (secondary N) is 1. The molecule has 0 radical (unpaired) electrons. The third-order valence-corrected chi connectivity index (χ3v) is 2.51. The average Bonchev–Trinajstić information content (AvgIpc) is 2.85. The maximum atomic E-state index is 5.65. The first-order chi connectivity index (χ1) is 8.33. The maximum Gasteiger partial charge on any atom is 0.226 e. The van der Waals surface area contributed by atoms with Gasteiger partial charge in [-0.2, -0.15) is 0 Å². The fourth-order valence-electron chi connectivity index (χ4n) is 1.54. The first-order valence-corrected chi connectivity index (χ1v) is 5.57. The summed E-state index contributed by atoms with van der Waals surface area (Å²) >= 11 is 0. The molecule has 1 N–H and O–H groups in total. The van der Waals surface area contributed by atoms with Crippen LogP contribution in [0.4, 0.5) is 0 Å². The Balaban J connectivity index is 2.12. The summed E-state index contributed by atoms with van der Waals surface area (Å²) in [6.07, 6.45) is 2.62. The summed E-state index contributed by atoms with van der Waals surface area (Å²) in [5.41, 5.74) is 0.960. The number of aromatic nitrogens is 1. The normalized spacial score (nSPS) is 10.5. The Bertz CT molecular complexity index is 463. The molecule has 2 rings (SSSR count). The first kappa shape index (κ1) is 11.7. The molecule has 0 atom stereocenters. The predicted octanol–water partition coefficient (Wildman–Crippen LogP) is 2.11. The number of methoxy groups -OCH3 is 1. The minimum atomic E-state index is 0.652. The van der Waals surface area contributed by atoms with Crippen molar-refractivity contribution < 1.29 is 9.15 Å². The SMILES string of the molecule is CNCCc1cnc(-c2ccc(OC)cc2)o1. The molecule has 1 aromatic carbocycles. The molecule has 0 amide bonds. The Morgan fingerprint density at radius 1 is 1.29 bits per heavy atom. The summed E-state index contributed by atoms with van der Waals surface area (Å²) in [7, 11) is 3.57. The van der Waals surface area contributed by atoms with Crippen molar-refractivity contribution in [2.45, 2.75) is 6.42 Å². The number of rotatable bonds is 5. The summed E-state index contributed by atoms with van der Waals surface area (Å²) in [4.78, 5) is 4.26. The van der Waals surface area contributed by atoms with Crippen LogP contribution in [0.5, 0.6) is 5.75 Å². The van der Waals surface area contributed by atoms with E-state index >= 15 is 0 Å². The smallest absolute Gasteiger partial charge is 0.226 e. The molecule has 17 heavy (non-hydrogen) atoms. The van der Waals surface area contributed by atoms with Gasteiger partial charge in [-0.3, -0.25) is 0 Å². The van der Waals surface area contributed by atoms with E-state index in [1.54, 1.807) is 13.3 Å². The molecule has 0 saturated heterocycles. The lowest BCUT2D eigenvalue weighted by Gasteiger charge is -2.00. The lowest BCUT2D eigenvalue weighted by Crippen LogP contribution is -2.09. The van der Waals surface area contributed by atoms with Gasteiger partial charge in [0.2, 0.25) is 5.89 Å². The Hall–Kier alpha value is -1.81. The minimum Gasteiger partial charge on any atom is -0.497 e. The first-order valence-electron chi connectivity index (χ1n) is 5.57. The van der Waals surface area contributed by atoms with Gasteiger partial charge >= 0.3 is 0 Å². The van der Waals surface area contributed by atoms with Crippen molar-refractivity contribution in [3.63, 3.8) is 0 Å². The molecule has 1 heterocycles. The van der Waals surface area contributed by atoms with Gasteiger partial charge in [0.1, 0.15) is 11.5 Å². The van der Waals surface area contributed by atoms with E-state index in [0.29, 0.717) is 5.89 Å². The lowest BCUT2D eigenvalue weighted by atomic mass is 10.2. The van der Waals surface area contributed by atoms with E-state index in [-0.39, 0.29) is 0 Å². The van der Waals surface area contributed by atoms with Crippen LogP contribution in [-0.4, -0.2) is 25.7 Å². The Labute approximate surface area is 101 Å². The van der Waals surface area contributed by atoms with E-state index in [4.69, 9.17) is 9.15 Å². The van der Waals surface area contributed by atoms with Crippen LogP contribution in [0.25, 0.3) is 11.5 Å². The summed E-state index contributed by atoms with van der Waals surface area (Å²) in [6.45, 7) is 0.886. The molecule has 0 saturated carbocycles. The van der Waals surface area contributed by atoms with E-state index in [9.17, 15) is 0 Å². The molecule has 0 unspecified atom stereocenters. The zero-order valence-electron chi connectivity index (χ0n) is 10.1. The molecule has 4 heteroatoms. The van der Waals surface area contributed by atoms with Gasteiger partial charge in [0.15, 0.2) is 0 Å². The van der Waals surface area contributed by atoms with Crippen LogP contribution >= 0.6 is 0 Å². The van der Waals surface area contributed by atoms with Gasteiger partial charge in [0.05, 0.1) is 13.3 Å². The number of hydrogen-bond donors (Lipinski definition) is 1. The van der Waals surface area contributed by atoms with Crippen LogP contribution in [-0.2, 0) is 6.42 Å². The quantitative estimate of drug-likeness (QED) is 0.857. The molecule has 90 valence electrons. The lowest BCUT2D eigenvalue weighted by molar-refractivity contribution is 0.415. The molecule has 2 aromatic rings. The van der Waals surface area contributed by atoms with Crippen molar-refractivity contribution in [3.05, 3.63) is 36.2 Å². The zero-order chi connectivity index (χ0) is 12.1. The van der Waals surface area contributed by atoms with E-state index in [1.807, 2.05) is 31.3 Å². The molecule has 0 aliphatic carbocycles. The second-order valence-corrected chi connectivity index (χ2v) is 3.71. The number of benzene rings is 1. The van der Waals surface area contributed by atoms with Gasteiger partial charge < -0.3 is 14.5 Å². The van der Waals surface area contributed by atoms with E-state index < -0.39 is 0 Å². The van der Waals surface area contributed by atoms with Crippen LogP contribution in [0, 0.1) is 0 Å².